The summed E-state index contributed by atoms with van der Waals surface area (Å²) in [5.74, 6) is 1.81. The molecule has 27 heavy (non-hydrogen) atoms. The molecule has 1 heterocycles. The average molecular weight is 367 g/mol. The number of carbonyl (C=O) groups is 1. The smallest absolute Gasteiger partial charge is 0.261 e. The van der Waals surface area contributed by atoms with Gasteiger partial charge in [-0.2, -0.15) is 0 Å². The van der Waals surface area contributed by atoms with Gasteiger partial charge in [-0.05, 0) is 44.4 Å². The molecule has 0 aliphatic carbocycles. The van der Waals surface area contributed by atoms with E-state index in [1.54, 1.807) is 6.92 Å². The van der Waals surface area contributed by atoms with E-state index in [2.05, 4.69) is 19.2 Å². The second-order valence-electron chi connectivity index (χ2n) is 8.12. The van der Waals surface area contributed by atoms with Crippen molar-refractivity contribution in [2.75, 3.05) is 0 Å². The van der Waals surface area contributed by atoms with E-state index in [0.717, 1.165) is 22.6 Å². The van der Waals surface area contributed by atoms with Crippen LogP contribution in [-0.4, -0.2) is 17.6 Å². The van der Waals surface area contributed by atoms with E-state index in [-0.39, 0.29) is 17.6 Å². The summed E-state index contributed by atoms with van der Waals surface area (Å²) >= 11 is 0. The summed E-state index contributed by atoms with van der Waals surface area (Å²) in [4.78, 5) is 12.8. The molecule has 0 fully saturated rings. The van der Waals surface area contributed by atoms with Gasteiger partial charge >= 0.3 is 0 Å². The largest absolute Gasteiger partial charge is 0.487 e. The Bertz CT molecular complexity index is 813. The van der Waals surface area contributed by atoms with Crippen LogP contribution in [0.25, 0.3) is 0 Å². The van der Waals surface area contributed by atoms with Crippen LogP contribution in [0.2, 0.25) is 0 Å². The normalized spacial score (nSPS) is 19.0. The van der Waals surface area contributed by atoms with E-state index < -0.39 is 6.10 Å². The Labute approximate surface area is 161 Å². The zero-order valence-electron chi connectivity index (χ0n) is 16.8. The van der Waals surface area contributed by atoms with Crippen molar-refractivity contribution in [3.05, 3.63) is 59.7 Å². The van der Waals surface area contributed by atoms with Crippen molar-refractivity contribution in [2.24, 2.45) is 0 Å². The number of rotatable bonds is 5. The minimum absolute atomic E-state index is 0.0937. The molecule has 1 aliphatic heterocycles. The maximum atomic E-state index is 12.8. The van der Waals surface area contributed by atoms with Gasteiger partial charge in [0.15, 0.2) is 6.10 Å². The summed E-state index contributed by atoms with van der Waals surface area (Å²) in [7, 11) is 0. The first-order valence-electron chi connectivity index (χ1n) is 9.61. The molecule has 4 heteroatoms. The minimum atomic E-state index is -0.581. The molecule has 0 bridgehead atoms. The lowest BCUT2D eigenvalue weighted by Crippen LogP contribution is -2.44. The lowest BCUT2D eigenvalue weighted by atomic mass is 9.89. The summed E-state index contributed by atoms with van der Waals surface area (Å²) in [6.07, 6.45) is 0.133. The van der Waals surface area contributed by atoms with E-state index in [1.807, 2.05) is 62.4 Å². The summed E-state index contributed by atoms with van der Waals surface area (Å²) in [5, 5.41) is 3.16. The summed E-state index contributed by atoms with van der Waals surface area (Å²) < 4.78 is 12.1. The van der Waals surface area contributed by atoms with Crippen molar-refractivity contribution in [2.45, 2.75) is 64.7 Å². The van der Waals surface area contributed by atoms with E-state index in [1.165, 1.54) is 0 Å². The van der Waals surface area contributed by atoms with Crippen molar-refractivity contribution in [1.82, 2.24) is 5.32 Å². The molecule has 0 aromatic heterocycles. The molecule has 1 aliphatic rings. The van der Waals surface area contributed by atoms with Gasteiger partial charge in [0.1, 0.15) is 17.1 Å². The van der Waals surface area contributed by atoms with Crippen LogP contribution < -0.4 is 14.8 Å². The fraction of sp³-hybridized carbons (Fsp3) is 0.435. The number of carbonyl (C=O) groups excluding carboxylic acids is 1. The van der Waals surface area contributed by atoms with Crippen LogP contribution in [0.5, 0.6) is 11.5 Å². The number of nitrogens with one attached hydrogen (secondary N) is 1. The maximum Gasteiger partial charge on any atom is 0.261 e. The first-order chi connectivity index (χ1) is 12.8. The Morgan fingerprint density at radius 2 is 1.78 bits per heavy atom. The predicted octanol–water partition coefficient (Wildman–Crippen LogP) is 5.00. The monoisotopic (exact) mass is 367 g/mol. The number of benzene rings is 2. The van der Waals surface area contributed by atoms with Crippen LogP contribution in [0, 0.1) is 0 Å². The molecule has 2 aromatic rings. The molecule has 0 radical (unpaired) electrons. The van der Waals surface area contributed by atoms with Crippen LogP contribution in [0.4, 0.5) is 0 Å². The molecule has 0 saturated heterocycles. The number of hydrogen-bond donors (Lipinski definition) is 1. The van der Waals surface area contributed by atoms with Gasteiger partial charge in [0.2, 0.25) is 0 Å². The number of amides is 1. The van der Waals surface area contributed by atoms with E-state index in [0.29, 0.717) is 12.3 Å². The Balaban J connectivity index is 1.74. The molecule has 0 unspecified atom stereocenters. The third kappa shape index (κ3) is 4.44. The first kappa shape index (κ1) is 19.3. The Morgan fingerprint density at radius 1 is 1.11 bits per heavy atom. The van der Waals surface area contributed by atoms with Gasteiger partial charge < -0.3 is 14.8 Å². The maximum absolute atomic E-state index is 12.8. The molecular formula is C23H29NO3. The fourth-order valence-corrected chi connectivity index (χ4v) is 3.53. The van der Waals surface area contributed by atoms with Crippen LogP contribution in [0.3, 0.4) is 0 Å². The number of hydrogen-bond acceptors (Lipinski definition) is 3. The summed E-state index contributed by atoms with van der Waals surface area (Å²) in [6.45, 7) is 10.1. The zero-order valence-corrected chi connectivity index (χ0v) is 16.8. The van der Waals surface area contributed by atoms with Crippen LogP contribution in [0.15, 0.2) is 48.5 Å². The van der Waals surface area contributed by atoms with Gasteiger partial charge in [0, 0.05) is 12.0 Å². The van der Waals surface area contributed by atoms with Gasteiger partial charge in [-0.1, -0.05) is 50.2 Å². The number of fused-ring (bicyclic) bond motifs is 1. The quantitative estimate of drug-likeness (QED) is 0.809. The molecule has 144 valence electrons. The van der Waals surface area contributed by atoms with Gasteiger partial charge in [-0.15, -0.1) is 0 Å². The molecule has 0 spiro atoms. The molecule has 1 N–H and O–H groups in total. The molecule has 3 rings (SSSR count). The summed E-state index contributed by atoms with van der Waals surface area (Å²) in [6, 6.07) is 15.7. The van der Waals surface area contributed by atoms with E-state index >= 15 is 0 Å². The van der Waals surface area contributed by atoms with Gasteiger partial charge in [0.25, 0.3) is 5.91 Å². The highest BCUT2D eigenvalue weighted by Crippen LogP contribution is 2.39. The first-order valence-corrected chi connectivity index (χ1v) is 9.61. The SMILES string of the molecule is CC(C)c1ccccc1O[C@@H](C)C(=O)N[C@@H]1CC(C)(C)Oc2ccccc21. The van der Waals surface area contributed by atoms with Crippen molar-refractivity contribution < 1.29 is 14.3 Å². The Morgan fingerprint density at radius 3 is 2.52 bits per heavy atom. The minimum Gasteiger partial charge on any atom is -0.487 e. The molecule has 2 atom stereocenters. The van der Waals surface area contributed by atoms with Crippen molar-refractivity contribution >= 4 is 5.91 Å². The van der Waals surface area contributed by atoms with Crippen LogP contribution in [0.1, 0.15) is 64.1 Å². The molecule has 0 saturated carbocycles. The highest BCUT2D eigenvalue weighted by molar-refractivity contribution is 5.81. The Kier molecular flexibility index (Phi) is 5.45. The third-order valence-corrected chi connectivity index (χ3v) is 4.91. The van der Waals surface area contributed by atoms with Crippen molar-refractivity contribution in [1.29, 1.82) is 0 Å². The fourth-order valence-electron chi connectivity index (χ4n) is 3.53. The molecule has 1 amide bonds. The molecule has 4 nitrogen and oxygen atoms in total. The van der Waals surface area contributed by atoms with E-state index in [4.69, 9.17) is 9.47 Å². The van der Waals surface area contributed by atoms with Crippen molar-refractivity contribution in [3.63, 3.8) is 0 Å². The third-order valence-electron chi connectivity index (χ3n) is 4.91. The highest BCUT2D eigenvalue weighted by Gasteiger charge is 2.35. The second-order valence-corrected chi connectivity index (χ2v) is 8.12. The van der Waals surface area contributed by atoms with Crippen LogP contribution >= 0.6 is 0 Å². The molecular weight excluding hydrogens is 338 g/mol. The standard InChI is InChI=1S/C23H29NO3/c1-15(2)17-10-6-8-12-20(17)26-16(3)22(25)24-19-14-23(4,5)27-21-13-9-7-11-18(19)21/h6-13,15-16,19H,14H2,1-5H3,(H,24,25)/t16-,19+/m0/s1. The number of ether oxygens (including phenoxy) is 2. The second kappa shape index (κ2) is 7.63. The summed E-state index contributed by atoms with van der Waals surface area (Å²) in [5.41, 5.74) is 1.79. The lowest BCUT2D eigenvalue weighted by molar-refractivity contribution is -0.128. The lowest BCUT2D eigenvalue weighted by Gasteiger charge is -2.38. The molecule has 2 aromatic carbocycles. The van der Waals surface area contributed by atoms with E-state index in [9.17, 15) is 4.79 Å². The van der Waals surface area contributed by atoms with Crippen LogP contribution in [-0.2, 0) is 4.79 Å². The predicted molar refractivity (Wildman–Crippen MR) is 107 cm³/mol. The van der Waals surface area contributed by atoms with Gasteiger partial charge in [-0.25, -0.2) is 0 Å². The topological polar surface area (TPSA) is 47.6 Å². The highest BCUT2D eigenvalue weighted by atomic mass is 16.5. The van der Waals surface area contributed by atoms with Crippen molar-refractivity contribution in [3.8, 4) is 11.5 Å². The van der Waals surface area contributed by atoms with Gasteiger partial charge in [-0.3, -0.25) is 4.79 Å². The number of para-hydroxylation sites is 2. The van der Waals surface area contributed by atoms with Gasteiger partial charge in [0.05, 0.1) is 6.04 Å². The Hall–Kier alpha value is -2.49. The zero-order chi connectivity index (χ0) is 19.6. The average Bonchev–Trinajstić information content (AvgIpc) is 2.61.